The van der Waals surface area contributed by atoms with Crippen molar-refractivity contribution in [3.05, 3.63) is 57.7 Å². The van der Waals surface area contributed by atoms with Crippen molar-refractivity contribution >= 4 is 22.6 Å². The van der Waals surface area contributed by atoms with Crippen LogP contribution in [0.25, 0.3) is 0 Å². The van der Waals surface area contributed by atoms with Crippen molar-refractivity contribution in [3.63, 3.8) is 0 Å². The van der Waals surface area contributed by atoms with Crippen molar-refractivity contribution in [2.45, 2.75) is 86.2 Å². The first kappa shape index (κ1) is 25.0. The Morgan fingerprint density at radius 1 is 1.17 bits per heavy atom. The van der Waals surface area contributed by atoms with E-state index >= 15 is 0 Å². The summed E-state index contributed by atoms with van der Waals surface area (Å²) in [6.45, 7) is 5.28. The lowest BCUT2D eigenvalue weighted by Gasteiger charge is -2.47. The Balaban J connectivity index is 1.57. The lowest BCUT2D eigenvalue weighted by molar-refractivity contribution is -0.141. The first-order chi connectivity index (χ1) is 17.0. The van der Waals surface area contributed by atoms with Gasteiger partial charge >= 0.3 is 6.18 Å². The van der Waals surface area contributed by atoms with E-state index in [2.05, 4.69) is 41.4 Å². The maximum absolute atomic E-state index is 13.2. The highest BCUT2D eigenvalue weighted by atomic mass is 127. The van der Waals surface area contributed by atoms with Gasteiger partial charge in [-0.3, -0.25) is 9.97 Å². The van der Waals surface area contributed by atoms with E-state index in [1.165, 1.54) is 18.7 Å². The lowest BCUT2D eigenvalue weighted by atomic mass is 9.58. The summed E-state index contributed by atoms with van der Waals surface area (Å²) in [5.74, 6) is 0.101. The molecule has 2 aromatic rings. The van der Waals surface area contributed by atoms with E-state index in [0.29, 0.717) is 25.2 Å². The molecule has 0 radical (unpaired) electrons. The molecule has 2 fully saturated rings. The molecule has 6 rings (SSSR count). The van der Waals surface area contributed by atoms with Crippen LogP contribution in [0.2, 0.25) is 0 Å². The molecule has 2 spiro atoms. The molecule has 36 heavy (non-hydrogen) atoms. The minimum Gasteiger partial charge on any atom is -0.440 e. The number of nitrogens with zero attached hydrogens (tertiary/aromatic N) is 2. The average molecular weight is 615 g/mol. The average Bonchev–Trinajstić information content (AvgIpc) is 3.14. The van der Waals surface area contributed by atoms with Crippen LogP contribution in [0.15, 0.2) is 18.3 Å². The zero-order chi connectivity index (χ0) is 25.5. The molecular weight excluding hydrogens is 584 g/mol. The Labute approximate surface area is 222 Å². The summed E-state index contributed by atoms with van der Waals surface area (Å²) in [5, 5.41) is 9.26. The largest absolute Gasteiger partial charge is 0.440 e. The van der Waals surface area contributed by atoms with E-state index in [9.17, 15) is 18.3 Å². The minimum absolute atomic E-state index is 0.00769. The van der Waals surface area contributed by atoms with Gasteiger partial charge in [-0.25, -0.2) is 0 Å². The SMILES string of the molecule is CC(C)c1nc2c(c3c1C(c1ccc(C(F)(F)F)nc1)OC31CCOCC1I)C([OH2+])CC1(CCC1)C2. The summed E-state index contributed by atoms with van der Waals surface area (Å²) in [4.78, 5) is 8.96. The van der Waals surface area contributed by atoms with Crippen molar-refractivity contribution in [2.24, 2.45) is 5.41 Å². The Bertz CT molecular complexity index is 1180. The number of fused-ring (bicyclic) bond motifs is 4. The molecule has 0 amide bonds. The molecule has 2 aliphatic heterocycles. The standard InChI is InChI=1S/C27H30F3IN2O3/c1-14(2)23-21-22(20-16(33-23)10-25(6-3-7-25)11-17(20)34)26(8-9-35-13-18(26)31)36-24(21)15-4-5-19(32-12-15)27(28,29)30/h4-5,12,14,17-18,24,34H,3,6-11,13H2,1-2H3/p+1. The summed E-state index contributed by atoms with van der Waals surface area (Å²) in [7, 11) is 0. The maximum atomic E-state index is 13.2. The molecule has 4 unspecified atom stereocenters. The van der Waals surface area contributed by atoms with E-state index < -0.39 is 23.6 Å². The van der Waals surface area contributed by atoms with Gasteiger partial charge in [0.25, 0.3) is 0 Å². The molecule has 4 atom stereocenters. The fraction of sp³-hybridized carbons (Fsp3) is 0.630. The predicted octanol–water partition coefficient (Wildman–Crippen LogP) is 6.04. The second kappa shape index (κ2) is 8.61. The van der Waals surface area contributed by atoms with Gasteiger partial charge in [0.15, 0.2) is 6.10 Å². The van der Waals surface area contributed by atoms with Gasteiger partial charge < -0.3 is 14.6 Å². The topological polar surface area (TPSA) is 67.1 Å². The van der Waals surface area contributed by atoms with Gasteiger partial charge in [0.1, 0.15) is 17.4 Å². The summed E-state index contributed by atoms with van der Waals surface area (Å²) >= 11 is 2.39. The third kappa shape index (κ3) is 3.74. The van der Waals surface area contributed by atoms with Crippen LogP contribution >= 0.6 is 22.6 Å². The summed E-state index contributed by atoms with van der Waals surface area (Å²) in [6.07, 6.45) is 1.74. The fourth-order valence-corrected chi connectivity index (χ4v) is 7.81. The van der Waals surface area contributed by atoms with E-state index in [1.54, 1.807) is 0 Å². The molecule has 5 nitrogen and oxygen atoms in total. The van der Waals surface area contributed by atoms with Crippen LogP contribution < -0.4 is 0 Å². The van der Waals surface area contributed by atoms with Crippen LogP contribution in [0.1, 0.15) is 103 Å². The van der Waals surface area contributed by atoms with Crippen LogP contribution in [-0.4, -0.2) is 32.2 Å². The molecule has 1 saturated heterocycles. The third-order valence-corrected chi connectivity index (χ3v) is 10.0. The summed E-state index contributed by atoms with van der Waals surface area (Å²) in [5.41, 5.74) is 4.18. The molecule has 9 heteroatoms. The number of hydrogen-bond acceptors (Lipinski definition) is 4. The van der Waals surface area contributed by atoms with Crippen molar-refractivity contribution in [2.75, 3.05) is 13.2 Å². The zero-order valence-corrected chi connectivity index (χ0v) is 22.6. The predicted molar refractivity (Wildman–Crippen MR) is 136 cm³/mol. The second-order valence-corrected chi connectivity index (χ2v) is 12.7. The lowest BCUT2D eigenvalue weighted by Crippen LogP contribution is -2.46. The molecule has 4 heterocycles. The summed E-state index contributed by atoms with van der Waals surface area (Å²) < 4.78 is 52.5. The first-order valence-corrected chi connectivity index (χ1v) is 14.0. The van der Waals surface area contributed by atoms with Gasteiger partial charge in [0, 0.05) is 48.0 Å². The monoisotopic (exact) mass is 615 g/mol. The van der Waals surface area contributed by atoms with Crippen molar-refractivity contribution in [3.8, 4) is 0 Å². The van der Waals surface area contributed by atoms with E-state index in [1.807, 2.05) is 0 Å². The number of alkyl halides is 4. The highest BCUT2D eigenvalue weighted by Crippen LogP contribution is 2.61. The third-order valence-electron chi connectivity index (χ3n) is 8.65. The number of hydrogen-bond donors (Lipinski definition) is 0. The number of pyridine rings is 2. The van der Waals surface area contributed by atoms with Gasteiger partial charge in [-0.05, 0) is 36.7 Å². The van der Waals surface area contributed by atoms with Crippen LogP contribution in [0.4, 0.5) is 13.2 Å². The highest BCUT2D eigenvalue weighted by Gasteiger charge is 2.57. The minimum atomic E-state index is -4.50. The molecule has 0 bridgehead atoms. The molecule has 4 aliphatic rings. The van der Waals surface area contributed by atoms with Crippen LogP contribution in [-0.2, 0) is 27.7 Å². The molecular formula is C27H31F3IN2O3+. The van der Waals surface area contributed by atoms with Crippen LogP contribution in [0.5, 0.6) is 0 Å². The Kier molecular flexibility index (Phi) is 5.98. The smallest absolute Gasteiger partial charge is 0.433 e. The quantitative estimate of drug-likeness (QED) is 0.235. The van der Waals surface area contributed by atoms with Crippen LogP contribution in [0, 0.1) is 5.41 Å². The van der Waals surface area contributed by atoms with Crippen molar-refractivity contribution in [1.29, 1.82) is 0 Å². The number of halogens is 4. The van der Waals surface area contributed by atoms with Crippen LogP contribution in [0.3, 0.4) is 0 Å². The second-order valence-electron chi connectivity index (χ2n) is 11.2. The fourth-order valence-electron chi connectivity index (χ4n) is 6.78. The molecule has 194 valence electrons. The molecule has 1 saturated carbocycles. The highest BCUT2D eigenvalue weighted by molar-refractivity contribution is 14.1. The molecule has 0 aromatic carbocycles. The van der Waals surface area contributed by atoms with Gasteiger partial charge in [-0.2, -0.15) is 13.2 Å². The number of ether oxygens (including phenoxy) is 2. The summed E-state index contributed by atoms with van der Waals surface area (Å²) in [6, 6.07) is 2.51. The first-order valence-electron chi connectivity index (χ1n) is 12.8. The normalized spacial score (nSPS) is 30.9. The van der Waals surface area contributed by atoms with Crippen molar-refractivity contribution in [1.82, 2.24) is 9.97 Å². The maximum Gasteiger partial charge on any atom is 0.433 e. The van der Waals surface area contributed by atoms with Gasteiger partial charge in [0.05, 0.1) is 21.8 Å². The van der Waals surface area contributed by atoms with Crippen molar-refractivity contribution < 1.29 is 27.8 Å². The molecule has 2 aliphatic carbocycles. The number of aromatic nitrogens is 2. The van der Waals surface area contributed by atoms with E-state index in [4.69, 9.17) is 14.5 Å². The van der Waals surface area contributed by atoms with E-state index in [-0.39, 0.29) is 21.4 Å². The van der Waals surface area contributed by atoms with Gasteiger partial charge in [-0.15, -0.1) is 0 Å². The van der Waals surface area contributed by atoms with Gasteiger partial charge in [0.2, 0.25) is 0 Å². The molecule has 2 aromatic heterocycles. The molecule has 2 N–H and O–H groups in total. The Morgan fingerprint density at radius 2 is 1.94 bits per heavy atom. The Morgan fingerprint density at radius 3 is 2.53 bits per heavy atom. The van der Waals surface area contributed by atoms with E-state index in [0.717, 1.165) is 59.8 Å². The van der Waals surface area contributed by atoms with Gasteiger partial charge in [-0.1, -0.05) is 48.9 Å². The Hall–Kier alpha value is -1.30. The number of rotatable bonds is 2. The zero-order valence-electron chi connectivity index (χ0n) is 20.4.